The Morgan fingerprint density at radius 1 is 1.32 bits per heavy atom. The Hall–Kier alpha value is -1.39. The number of amides is 1. The molecule has 0 heterocycles. The van der Waals surface area contributed by atoms with E-state index >= 15 is 0 Å². The van der Waals surface area contributed by atoms with Crippen LogP contribution in [0.4, 0.5) is 5.69 Å². The van der Waals surface area contributed by atoms with Crippen molar-refractivity contribution in [2.45, 2.75) is 31.8 Å². The Morgan fingerprint density at radius 3 is 2.53 bits per heavy atom. The van der Waals surface area contributed by atoms with E-state index in [1.54, 1.807) is 0 Å². The molecule has 1 aromatic rings. The van der Waals surface area contributed by atoms with Crippen LogP contribution in [0.25, 0.3) is 0 Å². The summed E-state index contributed by atoms with van der Waals surface area (Å²) in [5.41, 5.74) is 7.95. The van der Waals surface area contributed by atoms with Gasteiger partial charge in [-0.25, -0.2) is 0 Å². The molecule has 0 spiro atoms. The summed E-state index contributed by atoms with van der Waals surface area (Å²) in [7, 11) is 4.08. The summed E-state index contributed by atoms with van der Waals surface area (Å²) >= 11 is 0. The van der Waals surface area contributed by atoms with E-state index in [4.69, 9.17) is 5.73 Å². The van der Waals surface area contributed by atoms with E-state index in [2.05, 4.69) is 22.3 Å². The Morgan fingerprint density at radius 2 is 2.00 bits per heavy atom. The maximum atomic E-state index is 12.0. The summed E-state index contributed by atoms with van der Waals surface area (Å²) in [6.45, 7) is 0.908. The molecule has 0 saturated heterocycles. The summed E-state index contributed by atoms with van der Waals surface area (Å²) in [6, 6.07) is 8.22. The minimum atomic E-state index is 0.0800. The van der Waals surface area contributed by atoms with E-state index in [1.807, 2.05) is 26.2 Å². The van der Waals surface area contributed by atoms with Gasteiger partial charge in [-0.2, -0.15) is 0 Å². The average molecular weight is 261 g/mol. The molecular formula is C15H23N3O. The van der Waals surface area contributed by atoms with E-state index in [1.165, 1.54) is 5.56 Å². The van der Waals surface area contributed by atoms with Crippen molar-refractivity contribution in [1.29, 1.82) is 0 Å². The fourth-order valence-corrected chi connectivity index (χ4v) is 2.56. The normalized spacial score (nSPS) is 22.7. The second-order valence-electron chi connectivity index (χ2n) is 5.69. The van der Waals surface area contributed by atoms with Crippen molar-refractivity contribution in [1.82, 2.24) is 4.90 Å². The summed E-state index contributed by atoms with van der Waals surface area (Å²) in [4.78, 5) is 14.2. The van der Waals surface area contributed by atoms with Gasteiger partial charge in [0.1, 0.15) is 0 Å². The Bertz CT molecular complexity index is 428. The van der Waals surface area contributed by atoms with Gasteiger partial charge >= 0.3 is 0 Å². The zero-order valence-corrected chi connectivity index (χ0v) is 11.7. The molecule has 1 aliphatic rings. The van der Waals surface area contributed by atoms with Gasteiger partial charge in [0, 0.05) is 24.2 Å². The zero-order chi connectivity index (χ0) is 13.8. The van der Waals surface area contributed by atoms with Crippen molar-refractivity contribution in [3.05, 3.63) is 29.8 Å². The second kappa shape index (κ2) is 6.17. The third-order valence-corrected chi connectivity index (χ3v) is 3.56. The maximum absolute atomic E-state index is 12.0. The number of rotatable bonds is 4. The highest BCUT2D eigenvalue weighted by Crippen LogP contribution is 2.25. The first kappa shape index (κ1) is 14.0. The Kier molecular flexibility index (Phi) is 4.56. The Balaban J connectivity index is 1.90. The van der Waals surface area contributed by atoms with Crippen LogP contribution >= 0.6 is 0 Å². The van der Waals surface area contributed by atoms with Gasteiger partial charge in [-0.1, -0.05) is 12.1 Å². The lowest BCUT2D eigenvalue weighted by molar-refractivity contribution is -0.119. The quantitative estimate of drug-likeness (QED) is 0.869. The van der Waals surface area contributed by atoms with Crippen LogP contribution in [-0.2, 0) is 11.3 Å². The van der Waals surface area contributed by atoms with E-state index in [9.17, 15) is 4.79 Å². The van der Waals surface area contributed by atoms with Crippen LogP contribution in [0.1, 0.15) is 24.8 Å². The van der Waals surface area contributed by atoms with Crippen LogP contribution in [0, 0.1) is 5.92 Å². The number of hydrogen-bond acceptors (Lipinski definition) is 3. The molecule has 1 fully saturated rings. The molecule has 3 N–H and O–H groups in total. The minimum absolute atomic E-state index is 0.0800. The van der Waals surface area contributed by atoms with Gasteiger partial charge in [0.2, 0.25) is 5.91 Å². The largest absolute Gasteiger partial charge is 0.328 e. The van der Waals surface area contributed by atoms with Gasteiger partial charge in [0.05, 0.1) is 0 Å². The predicted octanol–water partition coefficient (Wildman–Crippen LogP) is 1.81. The number of benzene rings is 1. The molecule has 4 nitrogen and oxygen atoms in total. The first-order valence-corrected chi connectivity index (χ1v) is 6.84. The van der Waals surface area contributed by atoms with Gasteiger partial charge in [-0.3, -0.25) is 4.79 Å². The highest BCUT2D eigenvalue weighted by atomic mass is 16.1. The van der Waals surface area contributed by atoms with E-state index in [0.29, 0.717) is 0 Å². The standard InChI is InChI=1S/C15H23N3O/c1-18(2)10-11-3-7-14(8-4-11)17-15(19)12-5-6-13(16)9-12/h3-4,7-8,12-13H,5-6,9-10,16H2,1-2H3,(H,17,19). The lowest BCUT2D eigenvalue weighted by atomic mass is 10.1. The molecule has 0 bridgehead atoms. The number of nitrogens with two attached hydrogens (primary N) is 1. The molecule has 1 saturated carbocycles. The smallest absolute Gasteiger partial charge is 0.227 e. The number of nitrogens with zero attached hydrogens (tertiary/aromatic N) is 1. The first-order chi connectivity index (χ1) is 9.04. The van der Waals surface area contributed by atoms with E-state index in [-0.39, 0.29) is 17.9 Å². The number of anilines is 1. The summed E-state index contributed by atoms with van der Waals surface area (Å²) < 4.78 is 0. The number of nitrogens with one attached hydrogen (secondary N) is 1. The monoisotopic (exact) mass is 261 g/mol. The van der Waals surface area contributed by atoms with E-state index in [0.717, 1.165) is 31.5 Å². The van der Waals surface area contributed by atoms with Gasteiger partial charge < -0.3 is 16.0 Å². The predicted molar refractivity (Wildman–Crippen MR) is 77.8 cm³/mol. The summed E-state index contributed by atoms with van der Waals surface area (Å²) in [5.74, 6) is 0.185. The second-order valence-corrected chi connectivity index (χ2v) is 5.69. The highest BCUT2D eigenvalue weighted by molar-refractivity contribution is 5.92. The van der Waals surface area contributed by atoms with Crippen LogP contribution < -0.4 is 11.1 Å². The van der Waals surface area contributed by atoms with Crippen LogP contribution in [-0.4, -0.2) is 30.9 Å². The third kappa shape index (κ3) is 4.04. The van der Waals surface area contributed by atoms with Gasteiger partial charge in [0.15, 0.2) is 0 Å². The number of carbonyl (C=O) groups excluding carboxylic acids is 1. The molecule has 0 aliphatic heterocycles. The lowest BCUT2D eigenvalue weighted by Gasteiger charge is -2.12. The van der Waals surface area contributed by atoms with Crippen molar-refractivity contribution in [3.8, 4) is 0 Å². The average Bonchev–Trinajstić information content (AvgIpc) is 2.78. The van der Waals surface area contributed by atoms with Gasteiger partial charge in [-0.05, 0) is 51.1 Å². The molecule has 104 valence electrons. The van der Waals surface area contributed by atoms with Crippen molar-refractivity contribution in [3.63, 3.8) is 0 Å². The van der Waals surface area contributed by atoms with Crippen LogP contribution in [0.2, 0.25) is 0 Å². The minimum Gasteiger partial charge on any atom is -0.328 e. The van der Waals surface area contributed by atoms with E-state index < -0.39 is 0 Å². The lowest BCUT2D eigenvalue weighted by Crippen LogP contribution is -2.23. The van der Waals surface area contributed by atoms with Crippen molar-refractivity contribution >= 4 is 11.6 Å². The molecule has 2 atom stereocenters. The molecule has 19 heavy (non-hydrogen) atoms. The van der Waals surface area contributed by atoms with Crippen LogP contribution in [0.15, 0.2) is 24.3 Å². The fourth-order valence-electron chi connectivity index (χ4n) is 2.56. The molecule has 2 rings (SSSR count). The molecule has 4 heteroatoms. The SMILES string of the molecule is CN(C)Cc1ccc(NC(=O)C2CCC(N)C2)cc1. The first-order valence-electron chi connectivity index (χ1n) is 6.84. The number of hydrogen-bond donors (Lipinski definition) is 2. The molecule has 1 aliphatic carbocycles. The van der Waals surface area contributed by atoms with Crippen molar-refractivity contribution in [2.75, 3.05) is 19.4 Å². The molecule has 1 aromatic carbocycles. The zero-order valence-electron chi connectivity index (χ0n) is 11.7. The van der Waals surface area contributed by atoms with Gasteiger partial charge in [-0.15, -0.1) is 0 Å². The molecule has 1 amide bonds. The summed E-state index contributed by atoms with van der Waals surface area (Å²) in [6.07, 6.45) is 2.68. The molecule has 0 aromatic heterocycles. The molecular weight excluding hydrogens is 238 g/mol. The Labute approximate surface area is 115 Å². The summed E-state index contributed by atoms with van der Waals surface area (Å²) in [5, 5.41) is 2.98. The fraction of sp³-hybridized carbons (Fsp3) is 0.533. The third-order valence-electron chi connectivity index (χ3n) is 3.56. The van der Waals surface area contributed by atoms with Crippen molar-refractivity contribution in [2.24, 2.45) is 11.7 Å². The van der Waals surface area contributed by atoms with Crippen molar-refractivity contribution < 1.29 is 4.79 Å². The molecule has 0 radical (unpaired) electrons. The van der Waals surface area contributed by atoms with Gasteiger partial charge in [0.25, 0.3) is 0 Å². The topological polar surface area (TPSA) is 58.4 Å². The van der Waals surface area contributed by atoms with Crippen LogP contribution in [0.3, 0.4) is 0 Å². The number of carbonyl (C=O) groups is 1. The van der Waals surface area contributed by atoms with Crippen LogP contribution in [0.5, 0.6) is 0 Å². The maximum Gasteiger partial charge on any atom is 0.227 e. The molecule has 2 unspecified atom stereocenters. The highest BCUT2D eigenvalue weighted by Gasteiger charge is 2.27.